The Morgan fingerprint density at radius 1 is 1.04 bits per heavy atom. The van der Waals surface area contributed by atoms with Crippen LogP contribution >= 0.6 is 0 Å². The molecule has 4 rings (SSSR count). The summed E-state index contributed by atoms with van der Waals surface area (Å²) in [6.07, 6.45) is 2.09. The molecule has 1 aromatic heterocycles. The fourth-order valence-electron chi connectivity index (χ4n) is 2.54. The Hall–Kier alpha value is -3.55. The molecule has 2 aromatic carbocycles. The number of hydrogen-bond donors (Lipinski definition) is 2. The summed E-state index contributed by atoms with van der Waals surface area (Å²) in [6.45, 7) is -0.0518. The van der Waals surface area contributed by atoms with Gasteiger partial charge in [-0.15, -0.1) is 10.2 Å². The second kappa shape index (κ2) is 7.36. The molecule has 3 aromatic rings. The van der Waals surface area contributed by atoms with Crippen molar-refractivity contribution >= 4 is 17.5 Å². The monoisotopic (exact) mass is 362 g/mol. The molecule has 1 aliphatic carbocycles. The quantitative estimate of drug-likeness (QED) is 0.697. The van der Waals surface area contributed by atoms with E-state index in [2.05, 4.69) is 26.0 Å². The first-order chi connectivity index (χ1) is 13.2. The lowest BCUT2D eigenvalue weighted by Gasteiger charge is -2.06. The number of benzene rings is 2. The number of aromatic nitrogens is 4. The average Bonchev–Trinajstić information content (AvgIpc) is 3.38. The van der Waals surface area contributed by atoms with Crippen LogP contribution < -0.4 is 10.6 Å². The second-order valence-corrected chi connectivity index (χ2v) is 6.38. The molecule has 1 aliphatic rings. The lowest BCUT2D eigenvalue weighted by atomic mass is 10.2. The summed E-state index contributed by atoms with van der Waals surface area (Å²) in [5.74, 6) is 0.104. The Labute approximate surface area is 155 Å². The Bertz CT molecular complexity index is 948. The smallest absolute Gasteiger partial charge is 0.251 e. The van der Waals surface area contributed by atoms with Crippen molar-refractivity contribution in [1.29, 1.82) is 0 Å². The van der Waals surface area contributed by atoms with E-state index in [0.29, 0.717) is 23.1 Å². The van der Waals surface area contributed by atoms with Crippen molar-refractivity contribution in [2.75, 3.05) is 5.32 Å². The van der Waals surface area contributed by atoms with Crippen LogP contribution in [0.15, 0.2) is 54.6 Å². The molecule has 0 spiro atoms. The summed E-state index contributed by atoms with van der Waals surface area (Å²) in [5, 5.41) is 17.8. The molecule has 136 valence electrons. The van der Waals surface area contributed by atoms with Gasteiger partial charge in [-0.1, -0.05) is 30.3 Å². The van der Waals surface area contributed by atoms with Crippen molar-refractivity contribution in [2.24, 2.45) is 0 Å². The number of anilines is 1. The molecule has 0 unspecified atom stereocenters. The molecule has 1 saturated carbocycles. The minimum Gasteiger partial charge on any atom is -0.349 e. The van der Waals surface area contributed by atoms with Crippen LogP contribution in [0.25, 0.3) is 11.4 Å². The number of amides is 2. The van der Waals surface area contributed by atoms with E-state index in [-0.39, 0.29) is 18.4 Å². The highest BCUT2D eigenvalue weighted by Crippen LogP contribution is 2.19. The first-order valence-electron chi connectivity index (χ1n) is 8.71. The van der Waals surface area contributed by atoms with Crippen molar-refractivity contribution in [3.8, 4) is 11.4 Å². The van der Waals surface area contributed by atoms with E-state index in [9.17, 15) is 9.59 Å². The van der Waals surface area contributed by atoms with Gasteiger partial charge in [0.1, 0.15) is 6.54 Å². The van der Waals surface area contributed by atoms with Crippen molar-refractivity contribution in [1.82, 2.24) is 25.5 Å². The van der Waals surface area contributed by atoms with Crippen LogP contribution in [-0.4, -0.2) is 38.1 Å². The highest BCUT2D eigenvalue weighted by atomic mass is 16.2. The topological polar surface area (TPSA) is 102 Å². The normalized spacial score (nSPS) is 13.2. The maximum atomic E-state index is 12.2. The van der Waals surface area contributed by atoms with E-state index >= 15 is 0 Å². The van der Waals surface area contributed by atoms with Gasteiger partial charge in [-0.25, -0.2) is 0 Å². The molecule has 0 aliphatic heterocycles. The molecule has 0 atom stereocenters. The molecule has 0 saturated heterocycles. The number of nitrogens with one attached hydrogen (secondary N) is 2. The SMILES string of the molecule is O=C(Cn1nnc(-c2ccccc2)n1)Nc1ccc(C(=O)NC2CC2)cc1. The van der Waals surface area contributed by atoms with Gasteiger partial charge in [0.25, 0.3) is 5.91 Å². The molecular formula is C19H18N6O2. The average molecular weight is 362 g/mol. The number of tetrazole rings is 1. The van der Waals surface area contributed by atoms with Gasteiger partial charge in [-0.2, -0.15) is 4.80 Å². The number of hydrogen-bond acceptors (Lipinski definition) is 5. The fraction of sp³-hybridized carbons (Fsp3) is 0.211. The minimum absolute atomic E-state index is 0.0518. The Balaban J connectivity index is 1.34. The molecule has 1 fully saturated rings. The van der Waals surface area contributed by atoms with Gasteiger partial charge in [-0.3, -0.25) is 9.59 Å². The molecule has 2 amide bonds. The van der Waals surface area contributed by atoms with Gasteiger partial charge in [0, 0.05) is 22.9 Å². The molecule has 2 N–H and O–H groups in total. The van der Waals surface area contributed by atoms with Crippen LogP contribution in [0.4, 0.5) is 5.69 Å². The third kappa shape index (κ3) is 4.35. The molecule has 8 nitrogen and oxygen atoms in total. The highest BCUT2D eigenvalue weighted by molar-refractivity contribution is 5.96. The van der Waals surface area contributed by atoms with E-state index in [4.69, 9.17) is 0 Å². The third-order valence-corrected chi connectivity index (χ3v) is 4.11. The van der Waals surface area contributed by atoms with Crippen molar-refractivity contribution < 1.29 is 9.59 Å². The molecule has 27 heavy (non-hydrogen) atoms. The summed E-state index contributed by atoms with van der Waals surface area (Å²) in [7, 11) is 0. The van der Waals surface area contributed by atoms with Crippen LogP contribution in [0.2, 0.25) is 0 Å². The Kier molecular flexibility index (Phi) is 4.61. The molecule has 1 heterocycles. The fourth-order valence-corrected chi connectivity index (χ4v) is 2.54. The maximum absolute atomic E-state index is 12.2. The van der Waals surface area contributed by atoms with Crippen LogP contribution in [0.3, 0.4) is 0 Å². The number of carbonyl (C=O) groups is 2. The zero-order valence-corrected chi connectivity index (χ0v) is 14.5. The van der Waals surface area contributed by atoms with Crippen molar-refractivity contribution in [2.45, 2.75) is 25.4 Å². The Morgan fingerprint density at radius 3 is 2.48 bits per heavy atom. The standard InChI is InChI=1S/C19H18N6O2/c26-17(12-25-23-18(22-24-25)13-4-2-1-3-5-13)20-15-8-6-14(7-9-15)19(27)21-16-10-11-16/h1-9,16H,10-12H2,(H,20,26)(H,21,27). The predicted molar refractivity (Wildman–Crippen MR) is 98.8 cm³/mol. The molecular weight excluding hydrogens is 344 g/mol. The van der Waals surface area contributed by atoms with E-state index in [1.54, 1.807) is 24.3 Å². The number of carbonyl (C=O) groups excluding carboxylic acids is 2. The van der Waals surface area contributed by atoms with Crippen LogP contribution in [0, 0.1) is 0 Å². The summed E-state index contributed by atoms with van der Waals surface area (Å²) in [6, 6.07) is 16.5. The van der Waals surface area contributed by atoms with Gasteiger partial charge in [0.15, 0.2) is 0 Å². The number of rotatable bonds is 6. The summed E-state index contributed by atoms with van der Waals surface area (Å²) < 4.78 is 0. The van der Waals surface area contributed by atoms with Gasteiger partial charge in [0.05, 0.1) is 0 Å². The first kappa shape index (κ1) is 16.9. The zero-order valence-electron chi connectivity index (χ0n) is 14.5. The van der Waals surface area contributed by atoms with E-state index in [1.165, 1.54) is 4.80 Å². The zero-order chi connectivity index (χ0) is 18.6. The lowest BCUT2D eigenvalue weighted by Crippen LogP contribution is -2.25. The Morgan fingerprint density at radius 2 is 1.78 bits per heavy atom. The summed E-state index contributed by atoms with van der Waals surface area (Å²) in [4.78, 5) is 25.4. The predicted octanol–water partition coefficient (Wildman–Crippen LogP) is 1.87. The van der Waals surface area contributed by atoms with E-state index in [0.717, 1.165) is 18.4 Å². The minimum atomic E-state index is -0.276. The molecule has 0 bridgehead atoms. The van der Waals surface area contributed by atoms with Gasteiger partial charge < -0.3 is 10.6 Å². The maximum Gasteiger partial charge on any atom is 0.251 e. The van der Waals surface area contributed by atoms with Gasteiger partial charge in [0.2, 0.25) is 11.7 Å². The van der Waals surface area contributed by atoms with Gasteiger partial charge >= 0.3 is 0 Å². The molecule has 8 heteroatoms. The lowest BCUT2D eigenvalue weighted by molar-refractivity contribution is -0.117. The first-order valence-corrected chi connectivity index (χ1v) is 8.71. The van der Waals surface area contributed by atoms with Crippen LogP contribution in [0.5, 0.6) is 0 Å². The van der Waals surface area contributed by atoms with E-state index in [1.807, 2.05) is 30.3 Å². The van der Waals surface area contributed by atoms with Crippen LogP contribution in [-0.2, 0) is 11.3 Å². The van der Waals surface area contributed by atoms with Crippen LogP contribution in [0.1, 0.15) is 23.2 Å². The molecule has 0 radical (unpaired) electrons. The number of nitrogens with zero attached hydrogens (tertiary/aromatic N) is 4. The van der Waals surface area contributed by atoms with Crippen molar-refractivity contribution in [3.63, 3.8) is 0 Å². The second-order valence-electron chi connectivity index (χ2n) is 6.38. The highest BCUT2D eigenvalue weighted by Gasteiger charge is 2.23. The summed E-state index contributed by atoms with van der Waals surface area (Å²) in [5.41, 5.74) is 2.01. The van der Waals surface area contributed by atoms with Crippen molar-refractivity contribution in [3.05, 3.63) is 60.2 Å². The third-order valence-electron chi connectivity index (χ3n) is 4.11. The largest absolute Gasteiger partial charge is 0.349 e. The van der Waals surface area contributed by atoms with E-state index < -0.39 is 0 Å². The van der Waals surface area contributed by atoms with Gasteiger partial charge in [-0.05, 0) is 42.3 Å². The summed E-state index contributed by atoms with van der Waals surface area (Å²) >= 11 is 0.